The summed E-state index contributed by atoms with van der Waals surface area (Å²) in [5.41, 5.74) is 3.36. The zero-order chi connectivity index (χ0) is 36.2. The van der Waals surface area contributed by atoms with Crippen LogP contribution >= 0.6 is 0 Å². The van der Waals surface area contributed by atoms with Crippen LogP contribution in [0.5, 0.6) is 0 Å². The first-order valence-corrected chi connectivity index (χ1v) is 14.1. The summed E-state index contributed by atoms with van der Waals surface area (Å²) in [7, 11) is 0. The Bertz CT molecular complexity index is 1400. The average Bonchev–Trinajstić information content (AvgIpc) is 3.06. The Morgan fingerprint density at radius 2 is 0.979 bits per heavy atom. The number of hydrogen-bond acceptors (Lipinski definition) is 11. The summed E-state index contributed by atoms with van der Waals surface area (Å²) in [4.78, 5) is 67.8. The third kappa shape index (κ3) is 21.8. The lowest BCUT2D eigenvalue weighted by Gasteiger charge is -2.02. The van der Waals surface area contributed by atoms with Gasteiger partial charge in [0.05, 0.1) is 48.9 Å². The van der Waals surface area contributed by atoms with E-state index in [1.165, 1.54) is 30.4 Å². The minimum atomic E-state index is -1.13. The lowest BCUT2D eigenvalue weighted by atomic mass is 10.0. The summed E-state index contributed by atoms with van der Waals surface area (Å²) in [5, 5.41) is 49.4. The number of aliphatic carboxylic acids is 2. The Balaban J connectivity index is 0.000000661. The summed E-state index contributed by atoms with van der Waals surface area (Å²) in [6.07, 6.45) is 4.79. The zero-order valence-corrected chi connectivity index (χ0v) is 25.7. The molecule has 3 aromatic rings. The van der Waals surface area contributed by atoms with Crippen LogP contribution in [0.2, 0.25) is 0 Å². The molecular weight excluding hydrogens is 632 g/mol. The van der Waals surface area contributed by atoms with Gasteiger partial charge in [0.2, 0.25) is 12.2 Å². The highest BCUT2D eigenvalue weighted by Gasteiger charge is 2.07. The molecule has 0 aliphatic heterocycles. The van der Waals surface area contributed by atoms with Gasteiger partial charge in [-0.15, -0.1) is 0 Å². The Morgan fingerprint density at radius 3 is 1.27 bits per heavy atom. The van der Waals surface area contributed by atoms with E-state index >= 15 is 0 Å². The van der Waals surface area contributed by atoms with E-state index in [4.69, 9.17) is 30.6 Å². The van der Waals surface area contributed by atoms with Crippen LogP contribution in [0, 0.1) is 0 Å². The van der Waals surface area contributed by atoms with Gasteiger partial charge in [0.15, 0.2) is 0 Å². The number of isocyanates is 2. The molecule has 0 fully saturated rings. The van der Waals surface area contributed by atoms with E-state index in [0.717, 1.165) is 23.6 Å². The molecular formula is C33H36N2O13. The van der Waals surface area contributed by atoms with E-state index in [9.17, 15) is 28.8 Å². The Labute approximate surface area is 275 Å². The predicted molar refractivity (Wildman–Crippen MR) is 170 cm³/mol. The summed E-state index contributed by atoms with van der Waals surface area (Å²) in [6.45, 7) is 0.696. The molecule has 0 saturated heterocycles. The molecule has 0 saturated carbocycles. The Kier molecular flexibility index (Phi) is 23.2. The van der Waals surface area contributed by atoms with Crippen molar-refractivity contribution in [1.82, 2.24) is 0 Å². The number of benzene rings is 3. The Morgan fingerprint density at radius 1 is 0.604 bits per heavy atom. The second-order valence-electron chi connectivity index (χ2n) is 9.16. The van der Waals surface area contributed by atoms with Gasteiger partial charge >= 0.3 is 23.9 Å². The first kappa shape index (κ1) is 42.2. The van der Waals surface area contributed by atoms with Crippen molar-refractivity contribution >= 4 is 47.4 Å². The van der Waals surface area contributed by atoms with E-state index in [2.05, 4.69) is 14.7 Å². The lowest BCUT2D eigenvalue weighted by Crippen LogP contribution is -2.03. The van der Waals surface area contributed by atoms with E-state index in [-0.39, 0.29) is 37.2 Å². The third-order valence-corrected chi connectivity index (χ3v) is 5.49. The molecule has 15 nitrogen and oxygen atoms in total. The molecule has 0 atom stereocenters. The number of aliphatic hydroxyl groups is 2. The minimum Gasteiger partial charge on any atom is -0.481 e. The number of aliphatic imine (C=N–C) groups is 2. The molecule has 0 bridgehead atoms. The number of aromatic carboxylic acids is 2. The van der Waals surface area contributed by atoms with Crippen LogP contribution in [-0.4, -0.2) is 93.1 Å². The molecule has 15 heteroatoms. The van der Waals surface area contributed by atoms with Crippen molar-refractivity contribution in [2.24, 2.45) is 9.98 Å². The quantitative estimate of drug-likeness (QED) is 0.0761. The van der Waals surface area contributed by atoms with Crippen LogP contribution in [0.4, 0.5) is 11.4 Å². The minimum absolute atomic E-state index is 0.0186. The smallest absolute Gasteiger partial charge is 0.335 e. The number of unbranched alkanes of at least 4 members (excludes halogenated alkanes) is 1. The van der Waals surface area contributed by atoms with Crippen LogP contribution in [0.1, 0.15) is 57.5 Å². The SMILES string of the molecule is O=C(O)CCCCC(=O)O.O=C(O)c1cccc(C(=O)O)c1.O=C=Nc1ccc(Cc2ccc(N=C=O)cc2)cc1.OCCOCCO. The molecule has 0 aliphatic carbocycles. The molecule has 0 aliphatic rings. The number of aliphatic hydroxyl groups excluding tert-OH is 2. The first-order valence-electron chi connectivity index (χ1n) is 14.1. The second-order valence-corrected chi connectivity index (χ2v) is 9.16. The van der Waals surface area contributed by atoms with Gasteiger partial charge in [-0.2, -0.15) is 9.98 Å². The molecule has 0 aromatic heterocycles. The van der Waals surface area contributed by atoms with E-state index in [0.29, 0.717) is 37.4 Å². The van der Waals surface area contributed by atoms with Gasteiger partial charge in [-0.25, -0.2) is 19.2 Å². The second kappa shape index (κ2) is 26.4. The Hall–Kier alpha value is -5.82. The number of carbonyl (C=O) groups is 4. The highest BCUT2D eigenvalue weighted by Crippen LogP contribution is 2.18. The molecule has 6 N–H and O–H groups in total. The van der Waals surface area contributed by atoms with Crippen molar-refractivity contribution in [2.45, 2.75) is 32.1 Å². The topological polar surface area (TPSA) is 258 Å². The average molecular weight is 669 g/mol. The molecule has 0 unspecified atom stereocenters. The van der Waals surface area contributed by atoms with Gasteiger partial charge < -0.3 is 35.4 Å². The van der Waals surface area contributed by atoms with Crippen molar-refractivity contribution in [2.75, 3.05) is 26.4 Å². The number of carbonyl (C=O) groups excluding carboxylic acids is 2. The van der Waals surface area contributed by atoms with Gasteiger partial charge in [-0.05, 0) is 72.9 Å². The summed E-state index contributed by atoms with van der Waals surface area (Å²) in [5.74, 6) is -3.99. The van der Waals surface area contributed by atoms with Gasteiger partial charge in [0, 0.05) is 12.8 Å². The van der Waals surface area contributed by atoms with Crippen molar-refractivity contribution in [3.63, 3.8) is 0 Å². The highest BCUT2D eigenvalue weighted by molar-refractivity contribution is 5.93. The third-order valence-electron chi connectivity index (χ3n) is 5.49. The number of nitrogens with zero attached hydrogens (tertiary/aromatic N) is 2. The predicted octanol–water partition coefficient (Wildman–Crippen LogP) is 4.00. The standard InChI is InChI=1S/C15H10N2O2.C8H6O4.C6H10O4.C4H10O3/c18-10-16-14-5-1-12(2-6-14)9-13-3-7-15(8-4-13)17-11-19;9-7(10)5-2-1-3-6(4-5)8(11)12;7-5(8)3-1-2-4-6(9)10;5-1-3-7-4-2-6/h1-8H,9H2;1-4H,(H,9,10)(H,11,12);1-4H2,(H,7,8)(H,9,10);5-6H,1-4H2. The number of carboxylic acids is 4. The monoisotopic (exact) mass is 668 g/mol. The summed E-state index contributed by atoms with van der Waals surface area (Å²) >= 11 is 0. The maximum atomic E-state index is 10.4. The zero-order valence-electron chi connectivity index (χ0n) is 25.7. The van der Waals surface area contributed by atoms with Gasteiger partial charge in [-0.3, -0.25) is 9.59 Å². The van der Waals surface area contributed by atoms with E-state index < -0.39 is 23.9 Å². The normalized spacial score (nSPS) is 9.29. The van der Waals surface area contributed by atoms with E-state index in [1.54, 1.807) is 24.3 Å². The van der Waals surface area contributed by atoms with Crippen molar-refractivity contribution in [1.29, 1.82) is 0 Å². The highest BCUT2D eigenvalue weighted by atomic mass is 16.5. The van der Waals surface area contributed by atoms with Crippen molar-refractivity contribution < 1.29 is 64.1 Å². The van der Waals surface area contributed by atoms with Crippen molar-refractivity contribution in [3.05, 3.63) is 95.1 Å². The molecule has 3 aromatic carbocycles. The van der Waals surface area contributed by atoms with Gasteiger partial charge in [0.25, 0.3) is 0 Å². The molecule has 0 spiro atoms. The summed E-state index contributed by atoms with van der Waals surface area (Å²) < 4.78 is 4.63. The maximum absolute atomic E-state index is 10.4. The molecule has 0 amide bonds. The van der Waals surface area contributed by atoms with Crippen LogP contribution in [-0.2, 0) is 30.3 Å². The number of ether oxygens (including phenoxy) is 1. The summed E-state index contributed by atoms with van der Waals surface area (Å²) in [6, 6.07) is 19.9. The molecule has 48 heavy (non-hydrogen) atoms. The fraction of sp³-hybridized carbons (Fsp3) is 0.273. The first-order chi connectivity index (χ1) is 23.0. The largest absolute Gasteiger partial charge is 0.481 e. The van der Waals surface area contributed by atoms with Crippen LogP contribution < -0.4 is 0 Å². The van der Waals surface area contributed by atoms with Crippen molar-refractivity contribution in [3.8, 4) is 0 Å². The van der Waals surface area contributed by atoms with Crippen LogP contribution in [0.15, 0.2) is 82.8 Å². The van der Waals surface area contributed by atoms with Gasteiger partial charge in [0.1, 0.15) is 0 Å². The maximum Gasteiger partial charge on any atom is 0.335 e. The fourth-order valence-electron chi connectivity index (χ4n) is 3.29. The number of rotatable bonds is 15. The van der Waals surface area contributed by atoms with Crippen LogP contribution in [0.3, 0.4) is 0 Å². The fourth-order valence-corrected chi connectivity index (χ4v) is 3.29. The lowest BCUT2D eigenvalue weighted by molar-refractivity contribution is -0.139. The molecule has 0 heterocycles. The molecule has 0 radical (unpaired) electrons. The van der Waals surface area contributed by atoms with Crippen LogP contribution in [0.25, 0.3) is 0 Å². The van der Waals surface area contributed by atoms with Gasteiger partial charge in [-0.1, -0.05) is 30.3 Å². The number of carboxylic acid groups (broad SMARTS) is 4. The van der Waals surface area contributed by atoms with E-state index in [1.807, 2.05) is 24.3 Å². The molecule has 256 valence electrons. The number of hydrogen-bond donors (Lipinski definition) is 6. The molecule has 3 rings (SSSR count).